The van der Waals surface area contributed by atoms with Gasteiger partial charge in [0.15, 0.2) is 0 Å². The first-order valence-corrected chi connectivity index (χ1v) is 4.00. The predicted molar refractivity (Wildman–Crippen MR) is 41.2 cm³/mol. The predicted octanol–water partition coefficient (Wildman–Crippen LogP) is 1.82. The molecule has 0 rings (SSSR count). The van der Waals surface area contributed by atoms with Crippen LogP contribution in [0.2, 0.25) is 0 Å². The van der Waals surface area contributed by atoms with Gasteiger partial charge in [0.05, 0.1) is 0 Å². The maximum Gasteiger partial charge on any atom is 0.405 e. The van der Waals surface area contributed by atoms with Gasteiger partial charge in [0, 0.05) is 0 Å². The van der Waals surface area contributed by atoms with Crippen LogP contribution in [-0.2, 0) is 0 Å². The maximum absolute atomic E-state index is 12.2. The third-order valence-corrected chi connectivity index (χ3v) is 2.05. The van der Waals surface area contributed by atoms with Gasteiger partial charge in [0.25, 0.3) is 0 Å². The first kappa shape index (κ1) is 11.7. The molecule has 74 valence electrons. The number of hydrazine groups is 1. The number of nitrogens with two attached hydrogens (primary N) is 1. The van der Waals surface area contributed by atoms with Gasteiger partial charge in [0.2, 0.25) is 0 Å². The highest BCUT2D eigenvalue weighted by Crippen LogP contribution is 2.28. The lowest BCUT2D eigenvalue weighted by Gasteiger charge is -2.26. The highest BCUT2D eigenvalue weighted by molar-refractivity contribution is 4.79. The maximum atomic E-state index is 12.2. The van der Waals surface area contributed by atoms with Crippen LogP contribution < -0.4 is 11.3 Å². The summed E-state index contributed by atoms with van der Waals surface area (Å²) in [6, 6.07) is -1.58. The topological polar surface area (TPSA) is 38.0 Å². The molecular formula is C7H15F3N2. The molecule has 12 heavy (non-hydrogen) atoms. The Morgan fingerprint density at radius 1 is 1.25 bits per heavy atom. The summed E-state index contributed by atoms with van der Waals surface area (Å²) in [6.07, 6.45) is -3.29. The van der Waals surface area contributed by atoms with Gasteiger partial charge >= 0.3 is 6.18 Å². The molecule has 0 bridgehead atoms. The Labute approximate surface area is 70.3 Å². The largest absolute Gasteiger partial charge is 0.405 e. The molecule has 0 aromatic rings. The molecule has 0 saturated carbocycles. The van der Waals surface area contributed by atoms with Crippen molar-refractivity contribution < 1.29 is 13.2 Å². The summed E-state index contributed by atoms with van der Waals surface area (Å²) in [5.41, 5.74) is 1.82. The number of hydrogen-bond acceptors (Lipinski definition) is 2. The van der Waals surface area contributed by atoms with E-state index in [0.717, 1.165) is 0 Å². The van der Waals surface area contributed by atoms with E-state index in [9.17, 15) is 13.2 Å². The molecule has 0 fully saturated rings. The molecule has 0 spiro atoms. The highest BCUT2D eigenvalue weighted by Gasteiger charge is 2.42. The Hall–Kier alpha value is -0.290. The summed E-state index contributed by atoms with van der Waals surface area (Å²) in [4.78, 5) is 0. The van der Waals surface area contributed by atoms with Gasteiger partial charge in [-0.1, -0.05) is 26.7 Å². The Balaban J connectivity index is 4.31. The Bertz CT molecular complexity index is 120. The van der Waals surface area contributed by atoms with Crippen molar-refractivity contribution in [2.24, 2.45) is 11.8 Å². The Morgan fingerprint density at radius 2 is 1.67 bits per heavy atom. The van der Waals surface area contributed by atoms with E-state index in [1.54, 1.807) is 13.8 Å². The number of rotatable bonds is 4. The van der Waals surface area contributed by atoms with Crippen molar-refractivity contribution in [3.63, 3.8) is 0 Å². The average Bonchev–Trinajstić information content (AvgIpc) is 1.97. The van der Waals surface area contributed by atoms with Crippen molar-refractivity contribution in [3.05, 3.63) is 0 Å². The summed E-state index contributed by atoms with van der Waals surface area (Å²) in [6.45, 7) is 3.45. The molecule has 0 saturated heterocycles. The van der Waals surface area contributed by atoms with E-state index in [4.69, 9.17) is 5.84 Å². The zero-order valence-corrected chi connectivity index (χ0v) is 7.28. The van der Waals surface area contributed by atoms with Crippen LogP contribution in [-0.4, -0.2) is 12.2 Å². The third kappa shape index (κ3) is 2.98. The smallest absolute Gasteiger partial charge is 0.271 e. The van der Waals surface area contributed by atoms with Gasteiger partial charge < -0.3 is 0 Å². The van der Waals surface area contributed by atoms with Crippen LogP contribution in [0.1, 0.15) is 26.7 Å². The number of alkyl halides is 3. The van der Waals surface area contributed by atoms with Crippen molar-refractivity contribution >= 4 is 0 Å². The number of nitrogens with one attached hydrogen (secondary N) is 1. The summed E-state index contributed by atoms with van der Waals surface area (Å²) < 4.78 is 36.6. The quantitative estimate of drug-likeness (QED) is 0.516. The van der Waals surface area contributed by atoms with Gasteiger partial charge in [-0.25, -0.2) is 5.43 Å². The Kier molecular flexibility index (Phi) is 4.55. The van der Waals surface area contributed by atoms with Crippen molar-refractivity contribution in [2.75, 3.05) is 0 Å². The molecule has 0 heterocycles. The van der Waals surface area contributed by atoms with E-state index >= 15 is 0 Å². The van der Waals surface area contributed by atoms with E-state index in [0.29, 0.717) is 12.8 Å². The van der Waals surface area contributed by atoms with E-state index < -0.39 is 18.1 Å². The second-order valence-electron chi connectivity index (χ2n) is 2.76. The molecule has 1 unspecified atom stereocenters. The first-order chi connectivity index (χ1) is 5.47. The van der Waals surface area contributed by atoms with Crippen molar-refractivity contribution in [1.29, 1.82) is 0 Å². The van der Waals surface area contributed by atoms with Gasteiger partial charge in [-0.15, -0.1) is 0 Å². The molecule has 0 aliphatic carbocycles. The molecule has 2 nitrogen and oxygen atoms in total. The van der Waals surface area contributed by atoms with E-state index in [1.165, 1.54) is 0 Å². The minimum Gasteiger partial charge on any atom is -0.271 e. The normalized spacial score (nSPS) is 15.2. The summed E-state index contributed by atoms with van der Waals surface area (Å²) in [5.74, 6) is 4.41. The van der Waals surface area contributed by atoms with Crippen molar-refractivity contribution in [2.45, 2.75) is 38.9 Å². The minimum absolute atomic E-state index is 0.435. The Morgan fingerprint density at radius 3 is 1.75 bits per heavy atom. The van der Waals surface area contributed by atoms with E-state index in [-0.39, 0.29) is 0 Å². The molecule has 0 aromatic carbocycles. The fourth-order valence-electron chi connectivity index (χ4n) is 1.26. The summed E-state index contributed by atoms with van der Waals surface area (Å²) in [5, 5.41) is 0. The number of halogens is 3. The summed E-state index contributed by atoms with van der Waals surface area (Å²) >= 11 is 0. The van der Waals surface area contributed by atoms with Crippen molar-refractivity contribution in [1.82, 2.24) is 5.43 Å². The fraction of sp³-hybridized carbons (Fsp3) is 1.00. The lowest BCUT2D eigenvalue weighted by molar-refractivity contribution is -0.168. The second kappa shape index (κ2) is 4.67. The van der Waals surface area contributed by atoms with Crippen LogP contribution in [0, 0.1) is 5.92 Å². The van der Waals surface area contributed by atoms with Gasteiger partial charge in [-0.3, -0.25) is 5.84 Å². The molecule has 0 amide bonds. The summed E-state index contributed by atoms with van der Waals surface area (Å²) in [7, 11) is 0. The van der Waals surface area contributed by atoms with Crippen LogP contribution in [0.25, 0.3) is 0 Å². The zero-order valence-electron chi connectivity index (χ0n) is 7.28. The van der Waals surface area contributed by atoms with Crippen LogP contribution in [0.4, 0.5) is 13.2 Å². The van der Waals surface area contributed by atoms with Crippen molar-refractivity contribution in [3.8, 4) is 0 Å². The molecular weight excluding hydrogens is 169 g/mol. The lowest BCUT2D eigenvalue weighted by atomic mass is 9.94. The van der Waals surface area contributed by atoms with Gasteiger partial charge in [-0.2, -0.15) is 13.2 Å². The zero-order chi connectivity index (χ0) is 9.78. The van der Waals surface area contributed by atoms with Crippen LogP contribution >= 0.6 is 0 Å². The molecule has 3 N–H and O–H groups in total. The molecule has 0 aliphatic heterocycles. The van der Waals surface area contributed by atoms with E-state index in [1.807, 2.05) is 5.43 Å². The van der Waals surface area contributed by atoms with Gasteiger partial charge in [0.1, 0.15) is 6.04 Å². The average molecular weight is 184 g/mol. The standard InChI is InChI=1S/C7H15F3N2/c1-3-5(4-2)6(12-11)7(8,9)10/h5-6,12H,3-4,11H2,1-2H3. The highest BCUT2D eigenvalue weighted by atomic mass is 19.4. The SMILES string of the molecule is CCC(CC)C(NN)C(F)(F)F. The fourth-order valence-corrected chi connectivity index (χ4v) is 1.26. The molecule has 1 atom stereocenters. The van der Waals surface area contributed by atoms with Gasteiger partial charge in [-0.05, 0) is 5.92 Å². The third-order valence-electron chi connectivity index (χ3n) is 2.05. The molecule has 0 aromatic heterocycles. The molecule has 0 radical (unpaired) electrons. The van der Waals surface area contributed by atoms with Crippen LogP contribution in [0.3, 0.4) is 0 Å². The van der Waals surface area contributed by atoms with Crippen LogP contribution in [0.5, 0.6) is 0 Å². The minimum atomic E-state index is -4.24. The monoisotopic (exact) mass is 184 g/mol. The second-order valence-corrected chi connectivity index (χ2v) is 2.76. The van der Waals surface area contributed by atoms with E-state index in [2.05, 4.69) is 0 Å². The number of hydrogen-bond donors (Lipinski definition) is 2. The first-order valence-electron chi connectivity index (χ1n) is 4.00. The van der Waals surface area contributed by atoms with Crippen LogP contribution in [0.15, 0.2) is 0 Å². The molecule has 5 heteroatoms. The lowest BCUT2D eigenvalue weighted by Crippen LogP contribution is -2.50. The molecule has 0 aliphatic rings.